The molecule has 0 spiro atoms. The maximum atomic E-state index is 2.43. The molecule has 28 rings (SSSR count). The van der Waals surface area contributed by atoms with Gasteiger partial charge in [0, 0.05) is 10.8 Å². The Bertz CT molecular complexity index is 9550. The van der Waals surface area contributed by atoms with Gasteiger partial charge in [-0.1, -0.05) is 517 Å². The molecule has 0 heteroatoms. The van der Waals surface area contributed by atoms with Gasteiger partial charge in [0.2, 0.25) is 0 Å². The summed E-state index contributed by atoms with van der Waals surface area (Å²) in [7, 11) is 0. The van der Waals surface area contributed by atoms with Crippen LogP contribution < -0.4 is 0 Å². The summed E-state index contributed by atoms with van der Waals surface area (Å²) in [5.74, 6) is 0. The van der Waals surface area contributed by atoms with Crippen molar-refractivity contribution in [1.29, 1.82) is 0 Å². The van der Waals surface area contributed by atoms with Crippen LogP contribution in [0.5, 0.6) is 0 Å². The van der Waals surface area contributed by atoms with Crippen molar-refractivity contribution in [1.82, 2.24) is 0 Å². The topological polar surface area (TPSA) is 0 Å². The van der Waals surface area contributed by atoms with E-state index in [2.05, 4.69) is 554 Å². The first-order chi connectivity index (χ1) is 70.0. The summed E-state index contributed by atoms with van der Waals surface area (Å²) in [5.41, 5.74) is 36.2. The average molecular weight is 1830 g/mol. The van der Waals surface area contributed by atoms with Crippen LogP contribution in [0.3, 0.4) is 0 Å². The second-order valence-corrected chi connectivity index (χ2v) is 40.3. The molecule has 0 amide bonds. The van der Waals surface area contributed by atoms with Crippen LogP contribution >= 0.6 is 0 Å². The highest BCUT2D eigenvalue weighted by atomic mass is 14.4. The number of hydrogen-bond acceptors (Lipinski definition) is 0. The molecular formula is C143H108. The highest BCUT2D eigenvalue weighted by Gasteiger charge is 2.39. The minimum atomic E-state index is 0.0181. The molecule has 143 heavy (non-hydrogen) atoms. The maximum absolute atomic E-state index is 2.43. The van der Waals surface area contributed by atoms with Crippen LogP contribution in [0, 0.1) is 34.6 Å². The van der Waals surface area contributed by atoms with Crippen molar-refractivity contribution >= 4 is 129 Å². The SMILES string of the molecule is Cc1ccc2c(-c3ccc4ccccc4c3)c3ccccc3c(-c3ccc4ccccc4c3)c2c1.Cc1ccc2c(-c3cccc4ccccc34)c3ccccc3c(-c3cccc4ccccc34)c2c1.Cc1ccc2c(-c3ccccc3)c3ccccc3c(-c3ccccc3)c2c1.Cc1ccc2c(c1)C(C)(C)c1cc(-c3ccccc3)c3ccccc3c1-2.Cc1ccc2c(c1)C(C)(C)c1cc3ccccc3cc1-2. The lowest BCUT2D eigenvalue weighted by Gasteiger charge is -2.23. The summed E-state index contributed by atoms with van der Waals surface area (Å²) in [6, 6.07) is 180. The third-order valence-corrected chi connectivity index (χ3v) is 30.5. The lowest BCUT2D eigenvalue weighted by atomic mass is 9.80. The van der Waals surface area contributed by atoms with Crippen LogP contribution in [0.4, 0.5) is 0 Å². The smallest absolute Gasteiger partial charge is 0.0159 e. The van der Waals surface area contributed by atoms with Gasteiger partial charge in [-0.15, -0.1) is 0 Å². The Labute approximate surface area is 837 Å². The quantitative estimate of drug-likeness (QED) is 0.140. The Morgan fingerprint density at radius 3 is 0.853 bits per heavy atom. The molecule has 0 saturated heterocycles. The zero-order valence-electron chi connectivity index (χ0n) is 82.3. The predicted molar refractivity (Wildman–Crippen MR) is 619 cm³/mol. The predicted octanol–water partition coefficient (Wildman–Crippen LogP) is 40.1. The largest absolute Gasteiger partial charge is 0.0622 e. The standard InChI is InChI=1S/2C35H24.C27H20.C26H22.C20H18/c1-23-20-21-32-33(22-23)35(29-19-9-13-25-11-3-5-15-27(25)29)31-17-7-6-16-30(31)34(32)28-18-8-12-24-10-2-4-14-26(24)28;1-23-14-19-32-33(20-23)35(29-18-16-25-9-3-5-11-27(25)22-29)31-13-7-6-12-30(31)34(32)28-17-15-24-8-2-4-10-26(24)21-28;1-19-16-17-24-25(18-19)27(21-12-6-3-7-13-21)23-15-9-8-14-22(23)26(24)20-10-4-2-5-11-20;1-17-13-14-21-23(15-17)26(2,3)24-16-22(18-9-5-4-6-10-18)19-11-7-8-12-20(19)25(21)24;1-13-8-9-16-17-11-14-6-4-5-7-15(14)12-19(17)20(2,3)18(16)10-13/h2*2-22H,1H3;2-18H,1H3;4-16H,1-3H3;4-12H,1-3H3. The maximum Gasteiger partial charge on any atom is 0.0159 e. The fourth-order valence-electron chi connectivity index (χ4n) is 23.6. The molecule has 0 bridgehead atoms. The Morgan fingerprint density at radius 2 is 0.399 bits per heavy atom. The molecule has 0 fully saturated rings. The van der Waals surface area contributed by atoms with Gasteiger partial charge in [-0.2, -0.15) is 0 Å². The van der Waals surface area contributed by atoms with E-state index in [1.807, 2.05) is 0 Å². The van der Waals surface area contributed by atoms with E-state index in [1.165, 1.54) is 279 Å². The van der Waals surface area contributed by atoms with Gasteiger partial charge in [0.15, 0.2) is 0 Å². The molecule has 0 aliphatic heterocycles. The minimum absolute atomic E-state index is 0.0181. The lowest BCUT2D eigenvalue weighted by molar-refractivity contribution is 0.660. The fourth-order valence-corrected chi connectivity index (χ4v) is 23.6. The highest BCUT2D eigenvalue weighted by molar-refractivity contribution is 6.27. The van der Waals surface area contributed by atoms with E-state index in [-0.39, 0.29) is 10.8 Å². The van der Waals surface area contributed by atoms with Crippen LogP contribution in [0.2, 0.25) is 0 Å². The molecule has 0 N–H and O–H groups in total. The molecule has 2 aliphatic carbocycles. The van der Waals surface area contributed by atoms with Gasteiger partial charge in [0.25, 0.3) is 0 Å². The van der Waals surface area contributed by atoms with Crippen molar-refractivity contribution in [3.63, 3.8) is 0 Å². The Hall–Kier alpha value is -17.2. The second-order valence-electron chi connectivity index (χ2n) is 40.3. The Balaban J connectivity index is 0.0000000976. The summed E-state index contributed by atoms with van der Waals surface area (Å²) < 4.78 is 0. The van der Waals surface area contributed by atoms with Crippen LogP contribution in [0.15, 0.2) is 491 Å². The number of hydrogen-bond donors (Lipinski definition) is 0. The van der Waals surface area contributed by atoms with Crippen LogP contribution in [0.1, 0.15) is 77.8 Å². The van der Waals surface area contributed by atoms with E-state index in [1.54, 1.807) is 0 Å². The van der Waals surface area contributed by atoms with E-state index in [0.717, 1.165) is 0 Å². The molecule has 2 aliphatic rings. The minimum Gasteiger partial charge on any atom is -0.0622 e. The molecule has 0 radical (unpaired) electrons. The molecule has 680 valence electrons. The van der Waals surface area contributed by atoms with Gasteiger partial charge in [0.05, 0.1) is 0 Å². The van der Waals surface area contributed by atoms with Crippen LogP contribution in [0.25, 0.3) is 229 Å². The van der Waals surface area contributed by atoms with E-state index >= 15 is 0 Å². The van der Waals surface area contributed by atoms with Crippen LogP contribution in [-0.2, 0) is 10.8 Å². The van der Waals surface area contributed by atoms with E-state index < -0.39 is 0 Å². The molecule has 0 nitrogen and oxygen atoms in total. The summed E-state index contributed by atoms with van der Waals surface area (Å²) in [4.78, 5) is 0. The number of rotatable bonds is 7. The van der Waals surface area contributed by atoms with Gasteiger partial charge >= 0.3 is 0 Å². The average Bonchev–Trinajstić information content (AvgIpc) is 1.57. The molecule has 0 atom stereocenters. The second kappa shape index (κ2) is 36.6. The van der Waals surface area contributed by atoms with Gasteiger partial charge < -0.3 is 0 Å². The van der Waals surface area contributed by atoms with Crippen molar-refractivity contribution in [2.75, 3.05) is 0 Å². The first-order valence-corrected chi connectivity index (χ1v) is 50.3. The van der Waals surface area contributed by atoms with E-state index in [0.29, 0.717) is 0 Å². The lowest BCUT2D eigenvalue weighted by Crippen LogP contribution is -2.15. The molecule has 0 heterocycles. The zero-order valence-corrected chi connectivity index (χ0v) is 82.3. The fraction of sp³-hybridized carbons (Fsp3) is 0.0769. The zero-order chi connectivity index (χ0) is 96.7. The number of aryl methyl sites for hydroxylation is 5. The summed E-state index contributed by atoms with van der Waals surface area (Å²) >= 11 is 0. The normalized spacial score (nSPS) is 12.5. The Morgan fingerprint density at radius 1 is 0.119 bits per heavy atom. The third kappa shape index (κ3) is 15.8. The number of fused-ring (bicyclic) bond motifs is 19. The molecular weight excluding hydrogens is 1720 g/mol. The van der Waals surface area contributed by atoms with E-state index in [4.69, 9.17) is 0 Å². The summed E-state index contributed by atoms with van der Waals surface area (Å²) in [6.45, 7) is 20.3. The third-order valence-electron chi connectivity index (χ3n) is 30.5. The van der Waals surface area contributed by atoms with E-state index in [9.17, 15) is 0 Å². The molecule has 0 aromatic heterocycles. The van der Waals surface area contributed by atoms with Gasteiger partial charge in [-0.3, -0.25) is 0 Å². The summed E-state index contributed by atoms with van der Waals surface area (Å²) in [5, 5.41) is 31.2. The van der Waals surface area contributed by atoms with Gasteiger partial charge in [-0.05, 0) is 317 Å². The molecule has 0 unspecified atom stereocenters. The first kappa shape index (κ1) is 88.5. The van der Waals surface area contributed by atoms with Crippen molar-refractivity contribution in [2.45, 2.75) is 73.1 Å². The molecule has 26 aromatic rings. The van der Waals surface area contributed by atoms with Gasteiger partial charge in [-0.25, -0.2) is 0 Å². The van der Waals surface area contributed by atoms with Crippen molar-refractivity contribution in [3.8, 4) is 100 Å². The number of benzene rings is 26. The van der Waals surface area contributed by atoms with Crippen molar-refractivity contribution in [2.24, 2.45) is 0 Å². The summed E-state index contributed by atoms with van der Waals surface area (Å²) in [6.07, 6.45) is 0. The van der Waals surface area contributed by atoms with Crippen LogP contribution in [-0.4, -0.2) is 0 Å². The van der Waals surface area contributed by atoms with Gasteiger partial charge in [0.1, 0.15) is 0 Å². The molecule has 0 saturated carbocycles. The van der Waals surface area contributed by atoms with Crippen molar-refractivity contribution < 1.29 is 0 Å². The highest BCUT2D eigenvalue weighted by Crippen LogP contribution is 2.56. The first-order valence-electron chi connectivity index (χ1n) is 50.3. The van der Waals surface area contributed by atoms with Crippen molar-refractivity contribution in [3.05, 3.63) is 541 Å². The monoisotopic (exact) mass is 1820 g/mol. The Kier molecular flexibility index (Phi) is 22.6. The molecule has 26 aromatic carbocycles.